The monoisotopic (exact) mass is 382 g/mol. The van der Waals surface area contributed by atoms with Crippen LogP contribution in [0.3, 0.4) is 0 Å². The van der Waals surface area contributed by atoms with E-state index in [2.05, 4.69) is 20.3 Å². The maximum Gasteiger partial charge on any atom is 0.248 e. The number of hydrogen-bond donors (Lipinski definition) is 1. The molecule has 6 nitrogen and oxygen atoms in total. The van der Waals surface area contributed by atoms with Crippen molar-refractivity contribution in [3.8, 4) is 5.75 Å². The van der Waals surface area contributed by atoms with Crippen molar-refractivity contribution in [2.45, 2.75) is 6.61 Å². The summed E-state index contributed by atoms with van der Waals surface area (Å²) in [7, 11) is 0. The van der Waals surface area contributed by atoms with Gasteiger partial charge >= 0.3 is 0 Å². The maximum atomic E-state index is 12.2. The Morgan fingerprint density at radius 1 is 1.00 bits per heavy atom. The van der Waals surface area contributed by atoms with Crippen LogP contribution in [0.1, 0.15) is 11.3 Å². The van der Waals surface area contributed by atoms with Crippen molar-refractivity contribution < 1.29 is 9.53 Å². The van der Waals surface area contributed by atoms with Gasteiger partial charge in [-0.3, -0.25) is 14.8 Å². The number of rotatable bonds is 6. The maximum absolute atomic E-state index is 12.2. The second-order valence-corrected chi connectivity index (χ2v) is 6.28. The Labute approximate surface area is 167 Å². The molecule has 142 valence electrons. The number of nitrogens with zero attached hydrogens (tertiary/aromatic N) is 3. The largest absolute Gasteiger partial charge is 0.489 e. The first-order valence-electron chi connectivity index (χ1n) is 9.09. The van der Waals surface area contributed by atoms with Gasteiger partial charge in [-0.1, -0.05) is 24.3 Å². The number of carbonyl (C=O) groups is 1. The van der Waals surface area contributed by atoms with Crippen LogP contribution < -0.4 is 10.1 Å². The summed E-state index contributed by atoms with van der Waals surface area (Å²) in [6.07, 6.45) is 8.18. The molecule has 0 spiro atoms. The summed E-state index contributed by atoms with van der Waals surface area (Å²) < 4.78 is 5.76. The van der Waals surface area contributed by atoms with Crippen molar-refractivity contribution in [2.24, 2.45) is 0 Å². The SMILES string of the molecule is O=C(C=Cc1cnc2ccccc2n1)Nc1cccc(OCc2cccnc2)c1. The minimum atomic E-state index is -0.260. The Morgan fingerprint density at radius 3 is 2.76 bits per heavy atom. The minimum absolute atomic E-state index is 0.260. The molecule has 6 heteroatoms. The van der Waals surface area contributed by atoms with Crippen LogP contribution in [0.25, 0.3) is 17.1 Å². The first-order chi connectivity index (χ1) is 14.3. The average molecular weight is 382 g/mol. The van der Waals surface area contributed by atoms with E-state index < -0.39 is 0 Å². The highest BCUT2D eigenvalue weighted by Crippen LogP contribution is 2.18. The Bertz CT molecular complexity index is 1160. The average Bonchev–Trinajstić information content (AvgIpc) is 2.77. The van der Waals surface area contributed by atoms with E-state index in [1.54, 1.807) is 36.8 Å². The predicted molar refractivity (Wildman–Crippen MR) is 112 cm³/mol. The van der Waals surface area contributed by atoms with Crippen molar-refractivity contribution in [3.05, 3.63) is 96.6 Å². The number of fused-ring (bicyclic) bond motifs is 1. The number of nitrogens with one attached hydrogen (secondary N) is 1. The van der Waals surface area contributed by atoms with Gasteiger partial charge in [0.05, 0.1) is 22.9 Å². The molecule has 2 aromatic carbocycles. The van der Waals surface area contributed by atoms with Crippen molar-refractivity contribution in [2.75, 3.05) is 5.32 Å². The Morgan fingerprint density at radius 2 is 1.90 bits per heavy atom. The summed E-state index contributed by atoms with van der Waals surface area (Å²) in [5.74, 6) is 0.403. The van der Waals surface area contributed by atoms with Crippen LogP contribution in [0.5, 0.6) is 5.75 Å². The summed E-state index contributed by atoms with van der Waals surface area (Å²) in [6, 6.07) is 18.6. The number of para-hydroxylation sites is 2. The van der Waals surface area contributed by atoms with Gasteiger partial charge in [0.2, 0.25) is 5.91 Å². The zero-order valence-corrected chi connectivity index (χ0v) is 15.5. The normalized spacial score (nSPS) is 10.9. The Hall–Kier alpha value is -4.06. The third-order valence-electron chi connectivity index (χ3n) is 4.10. The fourth-order valence-corrected chi connectivity index (χ4v) is 2.71. The second-order valence-electron chi connectivity index (χ2n) is 6.28. The van der Waals surface area contributed by atoms with Crippen LogP contribution in [-0.2, 0) is 11.4 Å². The van der Waals surface area contributed by atoms with Gasteiger partial charge in [-0.25, -0.2) is 4.98 Å². The molecule has 2 aromatic heterocycles. The smallest absolute Gasteiger partial charge is 0.248 e. The summed E-state index contributed by atoms with van der Waals surface area (Å²) >= 11 is 0. The summed E-state index contributed by atoms with van der Waals surface area (Å²) in [4.78, 5) is 25.1. The zero-order chi connectivity index (χ0) is 19.9. The summed E-state index contributed by atoms with van der Waals surface area (Å²) in [5, 5.41) is 2.82. The standard InChI is InChI=1S/C23H18N4O2/c28-23(11-10-19-15-25-21-8-1-2-9-22(21)26-19)27-18-6-3-7-20(13-18)29-16-17-5-4-12-24-14-17/h1-15H,16H2,(H,27,28). The lowest BCUT2D eigenvalue weighted by molar-refractivity contribution is -0.111. The van der Waals surface area contributed by atoms with E-state index >= 15 is 0 Å². The Kier molecular flexibility index (Phi) is 5.53. The van der Waals surface area contributed by atoms with Crippen LogP contribution in [-0.4, -0.2) is 20.9 Å². The van der Waals surface area contributed by atoms with Crippen molar-refractivity contribution >= 4 is 28.7 Å². The molecule has 1 amide bonds. The van der Waals surface area contributed by atoms with Gasteiger partial charge in [0.25, 0.3) is 0 Å². The lowest BCUT2D eigenvalue weighted by Crippen LogP contribution is -2.08. The number of ether oxygens (including phenoxy) is 1. The molecule has 0 atom stereocenters. The molecular weight excluding hydrogens is 364 g/mol. The van der Waals surface area contributed by atoms with E-state index in [0.717, 1.165) is 16.6 Å². The first-order valence-corrected chi connectivity index (χ1v) is 9.09. The lowest BCUT2D eigenvalue weighted by Gasteiger charge is -2.08. The fraction of sp³-hybridized carbons (Fsp3) is 0.0435. The molecule has 0 bridgehead atoms. The van der Waals surface area contributed by atoms with E-state index in [-0.39, 0.29) is 5.91 Å². The molecule has 0 unspecified atom stereocenters. The molecule has 0 aliphatic carbocycles. The summed E-state index contributed by atoms with van der Waals surface area (Å²) in [6.45, 7) is 0.409. The van der Waals surface area contributed by atoms with Gasteiger partial charge in [0, 0.05) is 35.8 Å². The molecular formula is C23H18N4O2. The molecule has 0 saturated heterocycles. The van der Waals surface area contributed by atoms with E-state index in [4.69, 9.17) is 4.74 Å². The van der Waals surface area contributed by atoms with Crippen LogP contribution >= 0.6 is 0 Å². The zero-order valence-electron chi connectivity index (χ0n) is 15.5. The highest BCUT2D eigenvalue weighted by Gasteiger charge is 2.02. The molecule has 0 saturated carbocycles. The quantitative estimate of drug-likeness (QED) is 0.504. The number of hydrogen-bond acceptors (Lipinski definition) is 5. The number of benzene rings is 2. The highest BCUT2D eigenvalue weighted by molar-refractivity contribution is 6.01. The van der Waals surface area contributed by atoms with Crippen molar-refractivity contribution in [1.29, 1.82) is 0 Å². The summed E-state index contributed by atoms with van der Waals surface area (Å²) in [5.41, 5.74) is 3.84. The molecule has 0 aliphatic heterocycles. The third kappa shape index (κ3) is 5.01. The molecule has 1 N–H and O–H groups in total. The van der Waals surface area contributed by atoms with E-state index in [1.165, 1.54) is 6.08 Å². The second kappa shape index (κ2) is 8.75. The molecule has 2 heterocycles. The Balaban J connectivity index is 1.38. The van der Waals surface area contributed by atoms with Gasteiger partial charge < -0.3 is 10.1 Å². The number of aromatic nitrogens is 3. The van der Waals surface area contributed by atoms with Gasteiger partial charge in [-0.15, -0.1) is 0 Å². The number of amides is 1. The minimum Gasteiger partial charge on any atom is -0.489 e. The van der Waals surface area contributed by atoms with Crippen LogP contribution in [0.4, 0.5) is 5.69 Å². The van der Waals surface area contributed by atoms with E-state index in [9.17, 15) is 4.79 Å². The number of pyridine rings is 1. The topological polar surface area (TPSA) is 77.0 Å². The van der Waals surface area contributed by atoms with Crippen molar-refractivity contribution in [3.63, 3.8) is 0 Å². The molecule has 4 rings (SSSR count). The van der Waals surface area contributed by atoms with Gasteiger partial charge in [-0.2, -0.15) is 0 Å². The predicted octanol–water partition coefficient (Wildman–Crippen LogP) is 4.26. The molecule has 0 aliphatic rings. The lowest BCUT2D eigenvalue weighted by atomic mass is 10.2. The molecule has 4 aromatic rings. The van der Waals surface area contributed by atoms with Gasteiger partial charge in [-0.05, 0) is 36.4 Å². The molecule has 29 heavy (non-hydrogen) atoms. The molecule has 0 radical (unpaired) electrons. The van der Waals surface area contributed by atoms with Crippen LogP contribution in [0.15, 0.2) is 85.3 Å². The van der Waals surface area contributed by atoms with Crippen molar-refractivity contribution in [1.82, 2.24) is 15.0 Å². The van der Waals surface area contributed by atoms with E-state index in [0.29, 0.717) is 23.7 Å². The highest BCUT2D eigenvalue weighted by atomic mass is 16.5. The fourth-order valence-electron chi connectivity index (χ4n) is 2.71. The number of carbonyl (C=O) groups excluding carboxylic acids is 1. The van der Waals surface area contributed by atoms with Gasteiger partial charge in [0.15, 0.2) is 0 Å². The van der Waals surface area contributed by atoms with E-state index in [1.807, 2.05) is 48.5 Å². The molecule has 0 fully saturated rings. The first kappa shape index (κ1) is 18.3. The van der Waals surface area contributed by atoms with Gasteiger partial charge in [0.1, 0.15) is 12.4 Å². The number of anilines is 1. The van der Waals surface area contributed by atoms with Crippen LogP contribution in [0, 0.1) is 0 Å². The third-order valence-corrected chi connectivity index (χ3v) is 4.10. The van der Waals surface area contributed by atoms with Crippen LogP contribution in [0.2, 0.25) is 0 Å².